The third-order valence-electron chi connectivity index (χ3n) is 1.78. The Kier molecular flexibility index (Phi) is 10.0. The lowest BCUT2D eigenvalue weighted by molar-refractivity contribution is 0.407. The maximum Gasteiger partial charge on any atom is -0.0422 e. The Morgan fingerprint density at radius 2 is 1.09 bits per heavy atom. The van der Waals surface area contributed by atoms with Crippen LogP contribution in [0.25, 0.3) is 0 Å². The van der Waals surface area contributed by atoms with Crippen molar-refractivity contribution in [1.29, 1.82) is 0 Å². The molecule has 0 N–H and O–H groups in total. The maximum atomic E-state index is 2.30. The van der Waals surface area contributed by atoms with Crippen LogP contribution >= 0.6 is 0 Å². The molecule has 0 saturated heterocycles. The van der Waals surface area contributed by atoms with Crippen molar-refractivity contribution in [3.8, 4) is 0 Å². The van der Waals surface area contributed by atoms with Crippen molar-refractivity contribution < 1.29 is 0 Å². The van der Waals surface area contributed by atoms with Crippen LogP contribution in [-0.4, -0.2) is 0 Å². The van der Waals surface area contributed by atoms with Crippen LogP contribution in [0.4, 0.5) is 0 Å². The van der Waals surface area contributed by atoms with Gasteiger partial charge in [0.05, 0.1) is 0 Å². The van der Waals surface area contributed by atoms with Gasteiger partial charge in [0.15, 0.2) is 0 Å². The van der Waals surface area contributed by atoms with Crippen LogP contribution in [-0.2, 0) is 0 Å². The van der Waals surface area contributed by atoms with Gasteiger partial charge in [-0.25, -0.2) is 0 Å². The van der Waals surface area contributed by atoms with Gasteiger partial charge in [-0.3, -0.25) is 0 Å². The first-order valence-electron chi connectivity index (χ1n) is 4.91. The van der Waals surface area contributed by atoms with E-state index in [0.29, 0.717) is 0 Å². The van der Waals surface area contributed by atoms with Gasteiger partial charge in [-0.1, -0.05) is 54.9 Å². The molecule has 1 unspecified atom stereocenters. The first kappa shape index (κ1) is 13.6. The van der Waals surface area contributed by atoms with Crippen molar-refractivity contribution in [1.82, 2.24) is 0 Å². The summed E-state index contributed by atoms with van der Waals surface area (Å²) in [5.41, 5.74) is 0. The Hall–Kier alpha value is 0. The molecule has 0 radical (unpaired) electrons. The summed E-state index contributed by atoms with van der Waals surface area (Å²) in [6.07, 6.45) is 1.32. The van der Waals surface area contributed by atoms with E-state index < -0.39 is 0 Å². The fourth-order valence-corrected chi connectivity index (χ4v) is 0.471. The van der Waals surface area contributed by atoms with Crippen molar-refractivity contribution in [2.75, 3.05) is 0 Å². The van der Waals surface area contributed by atoms with E-state index in [1.807, 2.05) is 0 Å². The van der Waals surface area contributed by atoms with E-state index in [4.69, 9.17) is 0 Å². The minimum atomic E-state index is 0.833. The Labute approximate surface area is 73.4 Å². The molecular weight excluding hydrogens is 132 g/mol. The van der Waals surface area contributed by atoms with Gasteiger partial charge in [0.2, 0.25) is 0 Å². The average molecular weight is 158 g/mol. The normalized spacial score (nSPS) is 12.8. The minimum absolute atomic E-state index is 0.833. The smallest absolute Gasteiger partial charge is 0.0422 e. The lowest BCUT2D eigenvalue weighted by atomic mass is 9.96. The summed E-state index contributed by atoms with van der Waals surface area (Å²) >= 11 is 0. The molecular formula is C11H26. The molecule has 0 bridgehead atoms. The molecule has 0 aromatic carbocycles. The van der Waals surface area contributed by atoms with E-state index in [-0.39, 0.29) is 0 Å². The molecule has 0 aromatic heterocycles. The van der Waals surface area contributed by atoms with Crippen LogP contribution in [0.1, 0.15) is 54.9 Å². The summed E-state index contributed by atoms with van der Waals surface area (Å²) in [7, 11) is 0. The fraction of sp³-hybridized carbons (Fsp3) is 1.00. The van der Waals surface area contributed by atoms with Crippen molar-refractivity contribution >= 4 is 0 Å². The van der Waals surface area contributed by atoms with Gasteiger partial charge in [-0.15, -0.1) is 0 Å². The highest BCUT2D eigenvalue weighted by Crippen LogP contribution is 2.11. The van der Waals surface area contributed by atoms with Gasteiger partial charge in [0, 0.05) is 0 Å². The van der Waals surface area contributed by atoms with E-state index in [9.17, 15) is 0 Å². The second-order valence-electron chi connectivity index (χ2n) is 4.36. The first-order valence-corrected chi connectivity index (χ1v) is 4.91. The highest BCUT2D eigenvalue weighted by molar-refractivity contribution is 4.52. The molecule has 0 heteroatoms. The van der Waals surface area contributed by atoms with Crippen molar-refractivity contribution in [3.05, 3.63) is 0 Å². The van der Waals surface area contributed by atoms with Gasteiger partial charge in [0.25, 0.3) is 0 Å². The number of hydrogen-bond donors (Lipinski definition) is 0. The first-order chi connectivity index (χ1) is 4.91. The molecule has 11 heavy (non-hydrogen) atoms. The highest BCUT2D eigenvalue weighted by atomic mass is 14.1. The molecule has 0 heterocycles. The quantitative estimate of drug-likeness (QED) is 0.560. The van der Waals surface area contributed by atoms with Crippen molar-refractivity contribution in [2.24, 2.45) is 17.8 Å². The number of hydrogen-bond acceptors (Lipinski definition) is 0. The van der Waals surface area contributed by atoms with E-state index in [2.05, 4.69) is 48.5 Å². The van der Waals surface area contributed by atoms with Gasteiger partial charge in [0.1, 0.15) is 0 Å². The fourth-order valence-electron chi connectivity index (χ4n) is 0.471. The van der Waals surface area contributed by atoms with Crippen LogP contribution < -0.4 is 0 Å². The molecule has 0 aromatic rings. The lowest BCUT2D eigenvalue weighted by Crippen LogP contribution is -2.00. The molecule has 0 aliphatic carbocycles. The third kappa shape index (κ3) is 17.8. The highest BCUT2D eigenvalue weighted by Gasteiger charge is 2.01. The lowest BCUT2D eigenvalue weighted by Gasteiger charge is -2.10. The van der Waals surface area contributed by atoms with E-state index >= 15 is 0 Å². The number of rotatable bonds is 2. The standard InChI is InChI=1S/C7H16.C4H10/c1-5-7(4)6(2)3;1-4(2)3/h6-7H,5H2,1-4H3;4H,1-3H3. The predicted molar refractivity (Wildman–Crippen MR) is 54.8 cm³/mol. The molecule has 0 aliphatic heterocycles. The summed E-state index contributed by atoms with van der Waals surface area (Å²) in [5, 5.41) is 0. The van der Waals surface area contributed by atoms with Crippen LogP contribution in [0, 0.1) is 17.8 Å². The maximum absolute atomic E-state index is 2.30. The van der Waals surface area contributed by atoms with E-state index in [0.717, 1.165) is 17.8 Å². The molecule has 0 fully saturated rings. The average Bonchev–Trinajstić information content (AvgIpc) is 1.85. The largest absolute Gasteiger partial charge is 0.0651 e. The topological polar surface area (TPSA) is 0 Å². The molecule has 0 rings (SSSR count). The van der Waals surface area contributed by atoms with Crippen molar-refractivity contribution in [3.63, 3.8) is 0 Å². The monoisotopic (exact) mass is 158 g/mol. The minimum Gasteiger partial charge on any atom is -0.0651 e. The van der Waals surface area contributed by atoms with Gasteiger partial charge in [-0.2, -0.15) is 0 Å². The van der Waals surface area contributed by atoms with Crippen LogP contribution in [0.2, 0.25) is 0 Å². The Morgan fingerprint density at radius 3 is 1.09 bits per heavy atom. The Bertz CT molecular complexity index is 59.7. The summed E-state index contributed by atoms with van der Waals surface area (Å²) in [4.78, 5) is 0. The zero-order valence-electron chi connectivity index (χ0n) is 9.44. The second kappa shape index (κ2) is 8.10. The van der Waals surface area contributed by atoms with Gasteiger partial charge < -0.3 is 0 Å². The van der Waals surface area contributed by atoms with Crippen LogP contribution in [0.3, 0.4) is 0 Å². The Morgan fingerprint density at radius 1 is 0.818 bits per heavy atom. The summed E-state index contributed by atoms with van der Waals surface area (Å²) in [6.45, 7) is 15.6. The molecule has 0 saturated carbocycles. The molecule has 0 spiro atoms. The van der Waals surface area contributed by atoms with E-state index in [1.54, 1.807) is 0 Å². The van der Waals surface area contributed by atoms with Crippen molar-refractivity contribution in [2.45, 2.75) is 54.9 Å². The zero-order valence-corrected chi connectivity index (χ0v) is 9.44. The van der Waals surface area contributed by atoms with Crippen LogP contribution in [0.5, 0.6) is 0 Å². The Balaban J connectivity index is 0. The molecule has 1 atom stereocenters. The SMILES string of the molecule is CC(C)C.CCC(C)C(C)C. The van der Waals surface area contributed by atoms with Crippen LogP contribution in [0.15, 0.2) is 0 Å². The molecule has 70 valence electrons. The van der Waals surface area contributed by atoms with Gasteiger partial charge >= 0.3 is 0 Å². The summed E-state index contributed by atoms with van der Waals surface area (Å²) in [5.74, 6) is 2.60. The zero-order chi connectivity index (χ0) is 9.44. The third-order valence-corrected chi connectivity index (χ3v) is 1.78. The predicted octanol–water partition coefficient (Wildman–Crippen LogP) is 4.35. The molecule has 0 nitrogen and oxygen atoms in total. The summed E-state index contributed by atoms with van der Waals surface area (Å²) < 4.78 is 0. The molecule has 0 amide bonds. The van der Waals surface area contributed by atoms with E-state index in [1.165, 1.54) is 6.42 Å². The molecule has 0 aliphatic rings. The summed E-state index contributed by atoms with van der Waals surface area (Å²) in [6, 6.07) is 0. The second-order valence-corrected chi connectivity index (χ2v) is 4.36. The van der Waals surface area contributed by atoms with Gasteiger partial charge in [-0.05, 0) is 17.8 Å².